The topological polar surface area (TPSA) is 48.1 Å². The Morgan fingerprint density at radius 3 is 2.88 bits per heavy atom. The molecule has 1 fully saturated rings. The normalized spacial score (nSPS) is 28.9. The number of rotatable bonds is 3. The first-order valence-electron chi connectivity index (χ1n) is 5.94. The van der Waals surface area contributed by atoms with Gasteiger partial charge in [-0.3, -0.25) is 4.98 Å². The first-order valence-corrected chi connectivity index (χ1v) is 5.94. The van der Waals surface area contributed by atoms with Crippen molar-refractivity contribution in [3.63, 3.8) is 0 Å². The summed E-state index contributed by atoms with van der Waals surface area (Å²) in [6, 6.07) is 5.96. The first kappa shape index (κ1) is 11.6. The second kappa shape index (κ2) is 4.52. The number of nitrogens with two attached hydrogens (primary N) is 1. The van der Waals surface area contributed by atoms with Gasteiger partial charge in [-0.1, -0.05) is 13.0 Å². The van der Waals surface area contributed by atoms with Crippen LogP contribution in [0.25, 0.3) is 0 Å². The van der Waals surface area contributed by atoms with Crippen molar-refractivity contribution in [2.75, 3.05) is 6.61 Å². The Kier molecular flexibility index (Phi) is 3.26. The van der Waals surface area contributed by atoms with Crippen molar-refractivity contribution in [3.8, 4) is 0 Å². The molecular formula is C13H20N2O. The van der Waals surface area contributed by atoms with Gasteiger partial charge in [-0.15, -0.1) is 0 Å². The lowest BCUT2D eigenvalue weighted by Crippen LogP contribution is -2.48. The summed E-state index contributed by atoms with van der Waals surface area (Å²) in [4.78, 5) is 4.37. The Morgan fingerprint density at radius 2 is 2.31 bits per heavy atom. The molecule has 3 unspecified atom stereocenters. The summed E-state index contributed by atoms with van der Waals surface area (Å²) in [6.45, 7) is 5.07. The minimum atomic E-state index is -0.184. The summed E-state index contributed by atoms with van der Waals surface area (Å²) in [5.41, 5.74) is 7.19. The van der Waals surface area contributed by atoms with Gasteiger partial charge in [-0.25, -0.2) is 0 Å². The summed E-state index contributed by atoms with van der Waals surface area (Å²) >= 11 is 0. The van der Waals surface area contributed by atoms with Gasteiger partial charge in [0.2, 0.25) is 0 Å². The van der Waals surface area contributed by atoms with Gasteiger partial charge >= 0.3 is 0 Å². The van der Waals surface area contributed by atoms with E-state index in [1.54, 1.807) is 0 Å². The Bertz CT molecular complexity index is 333. The monoisotopic (exact) mass is 220 g/mol. The Balaban J connectivity index is 2.13. The van der Waals surface area contributed by atoms with Crippen LogP contribution in [0.2, 0.25) is 0 Å². The van der Waals surface area contributed by atoms with Crippen LogP contribution >= 0.6 is 0 Å². The highest BCUT2D eigenvalue weighted by atomic mass is 16.5. The average molecular weight is 220 g/mol. The van der Waals surface area contributed by atoms with E-state index in [9.17, 15) is 0 Å². The predicted molar refractivity (Wildman–Crippen MR) is 64.2 cm³/mol. The maximum Gasteiger partial charge on any atom is 0.0811 e. The number of ether oxygens (including phenoxy) is 1. The van der Waals surface area contributed by atoms with E-state index in [1.165, 1.54) is 0 Å². The molecule has 0 radical (unpaired) electrons. The lowest BCUT2D eigenvalue weighted by molar-refractivity contribution is -0.00695. The van der Waals surface area contributed by atoms with Crippen LogP contribution in [0.15, 0.2) is 24.4 Å². The van der Waals surface area contributed by atoms with Gasteiger partial charge in [-0.05, 0) is 31.9 Å². The molecule has 0 amide bonds. The molecule has 1 aliphatic heterocycles. The molecule has 0 aromatic carbocycles. The Labute approximate surface area is 97.0 Å². The van der Waals surface area contributed by atoms with Crippen molar-refractivity contribution in [2.45, 2.75) is 44.2 Å². The van der Waals surface area contributed by atoms with E-state index < -0.39 is 0 Å². The molecule has 2 heterocycles. The van der Waals surface area contributed by atoms with Crippen molar-refractivity contribution in [1.29, 1.82) is 0 Å². The minimum Gasteiger partial charge on any atom is -0.374 e. The predicted octanol–water partition coefficient (Wildman–Crippen LogP) is 2.08. The minimum absolute atomic E-state index is 0.00454. The van der Waals surface area contributed by atoms with Crippen molar-refractivity contribution < 1.29 is 4.74 Å². The fourth-order valence-electron chi connectivity index (χ4n) is 2.42. The van der Waals surface area contributed by atoms with E-state index in [-0.39, 0.29) is 17.6 Å². The summed E-state index contributed by atoms with van der Waals surface area (Å²) in [7, 11) is 0. The van der Waals surface area contributed by atoms with E-state index in [0.29, 0.717) is 0 Å². The fourth-order valence-corrected chi connectivity index (χ4v) is 2.42. The van der Waals surface area contributed by atoms with Crippen LogP contribution in [-0.4, -0.2) is 23.2 Å². The van der Waals surface area contributed by atoms with Crippen LogP contribution in [0.3, 0.4) is 0 Å². The molecule has 88 valence electrons. The van der Waals surface area contributed by atoms with Gasteiger partial charge in [0, 0.05) is 30.5 Å². The van der Waals surface area contributed by atoms with Crippen LogP contribution < -0.4 is 5.73 Å². The molecule has 1 aromatic rings. The van der Waals surface area contributed by atoms with E-state index in [2.05, 4.69) is 18.8 Å². The van der Waals surface area contributed by atoms with E-state index in [0.717, 1.165) is 25.1 Å². The average Bonchev–Trinajstić information content (AvgIpc) is 2.77. The van der Waals surface area contributed by atoms with Crippen LogP contribution in [-0.2, 0) is 4.74 Å². The van der Waals surface area contributed by atoms with Crippen molar-refractivity contribution in [2.24, 2.45) is 5.73 Å². The molecule has 2 N–H and O–H groups in total. The highest BCUT2D eigenvalue weighted by molar-refractivity contribution is 5.13. The van der Waals surface area contributed by atoms with E-state index in [4.69, 9.17) is 10.5 Å². The van der Waals surface area contributed by atoms with Gasteiger partial charge < -0.3 is 10.5 Å². The number of hydrogen-bond donors (Lipinski definition) is 1. The number of hydrogen-bond acceptors (Lipinski definition) is 3. The van der Waals surface area contributed by atoms with Gasteiger partial charge in [-0.2, -0.15) is 0 Å². The second-order valence-electron chi connectivity index (χ2n) is 4.83. The second-order valence-corrected chi connectivity index (χ2v) is 4.83. The van der Waals surface area contributed by atoms with Crippen molar-refractivity contribution in [1.82, 2.24) is 4.98 Å². The van der Waals surface area contributed by atoms with Gasteiger partial charge in [0.05, 0.1) is 5.60 Å². The first-order chi connectivity index (χ1) is 7.63. The fraction of sp³-hybridized carbons (Fsp3) is 0.615. The third kappa shape index (κ3) is 2.11. The smallest absolute Gasteiger partial charge is 0.0811 e. The number of pyridine rings is 1. The molecule has 3 heteroatoms. The van der Waals surface area contributed by atoms with Crippen LogP contribution in [0, 0.1) is 0 Å². The van der Waals surface area contributed by atoms with E-state index in [1.807, 2.05) is 24.4 Å². The Hall–Kier alpha value is -0.930. The molecule has 1 saturated heterocycles. The maximum absolute atomic E-state index is 6.32. The Morgan fingerprint density at radius 1 is 1.50 bits per heavy atom. The molecule has 3 nitrogen and oxygen atoms in total. The highest BCUT2D eigenvalue weighted by Crippen LogP contribution is 2.33. The molecule has 1 aromatic heterocycles. The lowest BCUT2D eigenvalue weighted by Gasteiger charge is -2.34. The SMILES string of the molecule is CC(c1ccccn1)C(N)C1(C)CCCO1. The molecule has 16 heavy (non-hydrogen) atoms. The van der Waals surface area contributed by atoms with Gasteiger partial charge in [0.1, 0.15) is 0 Å². The molecule has 3 atom stereocenters. The third-order valence-electron chi connectivity index (χ3n) is 3.65. The maximum atomic E-state index is 6.32. The number of aromatic nitrogens is 1. The summed E-state index contributed by atoms with van der Waals surface area (Å²) in [5, 5.41) is 0. The molecule has 1 aliphatic rings. The summed E-state index contributed by atoms with van der Waals surface area (Å²) in [5.74, 6) is 0.226. The zero-order valence-corrected chi connectivity index (χ0v) is 10.0. The van der Waals surface area contributed by atoms with Crippen molar-refractivity contribution >= 4 is 0 Å². The summed E-state index contributed by atoms with van der Waals surface area (Å²) in [6.07, 6.45) is 3.97. The molecule has 0 aliphatic carbocycles. The largest absolute Gasteiger partial charge is 0.374 e. The standard InChI is InChI=1S/C13H20N2O/c1-10(11-6-3-4-8-15-11)12(14)13(2)7-5-9-16-13/h3-4,6,8,10,12H,5,7,9,14H2,1-2H3. The molecule has 0 spiro atoms. The molecular weight excluding hydrogens is 200 g/mol. The van der Waals surface area contributed by atoms with Gasteiger partial charge in [0.15, 0.2) is 0 Å². The highest BCUT2D eigenvalue weighted by Gasteiger charge is 2.39. The van der Waals surface area contributed by atoms with Crippen LogP contribution in [0.1, 0.15) is 38.3 Å². The van der Waals surface area contributed by atoms with E-state index >= 15 is 0 Å². The van der Waals surface area contributed by atoms with Crippen LogP contribution in [0.4, 0.5) is 0 Å². The zero-order chi connectivity index (χ0) is 11.6. The van der Waals surface area contributed by atoms with Crippen molar-refractivity contribution in [3.05, 3.63) is 30.1 Å². The third-order valence-corrected chi connectivity index (χ3v) is 3.65. The number of nitrogens with zero attached hydrogens (tertiary/aromatic N) is 1. The summed E-state index contributed by atoms with van der Waals surface area (Å²) < 4.78 is 5.79. The van der Waals surface area contributed by atoms with Gasteiger partial charge in [0.25, 0.3) is 0 Å². The quantitative estimate of drug-likeness (QED) is 0.848. The molecule has 2 rings (SSSR count). The van der Waals surface area contributed by atoms with Crippen LogP contribution in [0.5, 0.6) is 0 Å². The molecule has 0 bridgehead atoms. The lowest BCUT2D eigenvalue weighted by atomic mass is 9.83. The molecule has 0 saturated carbocycles. The zero-order valence-electron chi connectivity index (χ0n) is 10.0.